The predicted molar refractivity (Wildman–Crippen MR) is 84.5 cm³/mol. The van der Waals surface area contributed by atoms with Crippen LogP contribution in [-0.2, 0) is 0 Å². The molecule has 0 aromatic heterocycles. The molecule has 0 aliphatic rings. The normalized spacial score (nSPS) is 9.55. The van der Waals surface area contributed by atoms with Gasteiger partial charge in [0, 0.05) is 22.3 Å². The van der Waals surface area contributed by atoms with Gasteiger partial charge in [0.1, 0.15) is 0 Å². The van der Waals surface area contributed by atoms with Crippen molar-refractivity contribution in [2.24, 2.45) is 0 Å². The van der Waals surface area contributed by atoms with Gasteiger partial charge < -0.3 is 0 Å². The van der Waals surface area contributed by atoms with Crippen molar-refractivity contribution in [2.75, 3.05) is 0 Å². The molecule has 5 heteroatoms. The number of carbonyl (C=O) groups is 3. The number of benzene rings is 2. The number of halogens is 2. The van der Waals surface area contributed by atoms with E-state index >= 15 is 0 Å². The molecule has 2 aromatic rings. The highest BCUT2D eigenvalue weighted by Gasteiger charge is 2.13. The molecule has 0 fully saturated rings. The standard InChI is InChI=1S/C17H8Cl2O3/c18-16(21)13-8-12(9-14(10-13)17(19)22)15(20)7-6-11-4-2-1-3-5-11/h1-5,8-10H. The molecule has 0 saturated heterocycles. The van der Waals surface area contributed by atoms with Crippen molar-refractivity contribution >= 4 is 39.5 Å². The molecule has 0 spiro atoms. The Morgan fingerprint density at radius 2 is 1.27 bits per heavy atom. The van der Waals surface area contributed by atoms with Gasteiger partial charge in [-0.15, -0.1) is 0 Å². The number of Topliss-reactive ketones (excluding diaryl/α,β-unsaturated/α-hetero) is 1. The first-order valence-corrected chi connectivity index (χ1v) is 6.89. The molecule has 2 rings (SSSR count). The van der Waals surface area contributed by atoms with Gasteiger partial charge in [-0.3, -0.25) is 14.4 Å². The summed E-state index contributed by atoms with van der Waals surface area (Å²) in [7, 11) is 0. The third kappa shape index (κ3) is 4.05. The monoisotopic (exact) mass is 330 g/mol. The molecule has 0 aliphatic heterocycles. The zero-order valence-electron chi connectivity index (χ0n) is 11.1. The first kappa shape index (κ1) is 16.0. The minimum absolute atomic E-state index is 0.0121. The van der Waals surface area contributed by atoms with Gasteiger partial charge in [0.2, 0.25) is 5.78 Å². The molecule has 0 atom stereocenters. The van der Waals surface area contributed by atoms with E-state index < -0.39 is 16.3 Å². The highest BCUT2D eigenvalue weighted by molar-refractivity contribution is 6.69. The van der Waals surface area contributed by atoms with Crippen molar-refractivity contribution in [1.82, 2.24) is 0 Å². The number of ketones is 1. The lowest BCUT2D eigenvalue weighted by Crippen LogP contribution is -2.02. The van der Waals surface area contributed by atoms with Crippen LogP contribution in [-0.4, -0.2) is 16.3 Å². The minimum Gasteiger partial charge on any atom is -0.279 e. The highest BCUT2D eigenvalue weighted by Crippen LogP contribution is 2.15. The van der Waals surface area contributed by atoms with Gasteiger partial charge >= 0.3 is 0 Å². The summed E-state index contributed by atoms with van der Waals surface area (Å²) >= 11 is 10.8. The molecule has 22 heavy (non-hydrogen) atoms. The molecule has 0 unspecified atom stereocenters. The first-order valence-electron chi connectivity index (χ1n) is 6.13. The van der Waals surface area contributed by atoms with Crippen LogP contribution in [0.15, 0.2) is 48.5 Å². The van der Waals surface area contributed by atoms with Gasteiger partial charge in [0.05, 0.1) is 0 Å². The van der Waals surface area contributed by atoms with Crippen LogP contribution in [0.5, 0.6) is 0 Å². The Morgan fingerprint density at radius 3 is 1.77 bits per heavy atom. The lowest BCUT2D eigenvalue weighted by Gasteiger charge is -2.01. The smallest absolute Gasteiger partial charge is 0.252 e. The van der Waals surface area contributed by atoms with Crippen LogP contribution in [0.4, 0.5) is 0 Å². The molecular weight excluding hydrogens is 323 g/mol. The van der Waals surface area contributed by atoms with Gasteiger partial charge in [-0.1, -0.05) is 24.1 Å². The summed E-state index contributed by atoms with van der Waals surface area (Å²) in [5, 5.41) is -1.57. The maximum Gasteiger partial charge on any atom is 0.252 e. The van der Waals surface area contributed by atoms with Gasteiger partial charge in [-0.25, -0.2) is 0 Å². The van der Waals surface area contributed by atoms with E-state index in [1.54, 1.807) is 24.3 Å². The van der Waals surface area contributed by atoms with Crippen molar-refractivity contribution in [3.05, 3.63) is 70.8 Å². The van der Waals surface area contributed by atoms with Crippen molar-refractivity contribution < 1.29 is 14.4 Å². The number of carbonyl (C=O) groups excluding carboxylic acids is 3. The van der Waals surface area contributed by atoms with Crippen LogP contribution in [0.2, 0.25) is 0 Å². The average molecular weight is 331 g/mol. The van der Waals surface area contributed by atoms with E-state index in [4.69, 9.17) is 23.2 Å². The molecule has 0 N–H and O–H groups in total. The second-order valence-electron chi connectivity index (χ2n) is 4.29. The van der Waals surface area contributed by atoms with Crippen molar-refractivity contribution in [2.45, 2.75) is 0 Å². The fourth-order valence-corrected chi connectivity index (χ4v) is 1.93. The number of rotatable bonds is 3. The molecule has 0 aliphatic carbocycles. The van der Waals surface area contributed by atoms with Gasteiger partial charge in [-0.05, 0) is 59.5 Å². The summed E-state index contributed by atoms with van der Waals surface area (Å²) in [4.78, 5) is 34.6. The molecule has 3 nitrogen and oxygen atoms in total. The van der Waals surface area contributed by atoms with E-state index in [0.717, 1.165) is 0 Å². The largest absolute Gasteiger partial charge is 0.279 e. The predicted octanol–water partition coefficient (Wildman–Crippen LogP) is 3.68. The van der Waals surface area contributed by atoms with Crippen LogP contribution >= 0.6 is 23.2 Å². The molecular formula is C17H8Cl2O3. The Kier molecular flexibility index (Phi) is 5.11. The quantitative estimate of drug-likeness (QED) is 0.490. The van der Waals surface area contributed by atoms with E-state index in [2.05, 4.69) is 11.8 Å². The third-order valence-corrected chi connectivity index (χ3v) is 3.18. The maximum atomic E-state index is 12.1. The van der Waals surface area contributed by atoms with E-state index in [1.165, 1.54) is 18.2 Å². The fourth-order valence-electron chi connectivity index (χ4n) is 1.71. The van der Waals surface area contributed by atoms with Crippen LogP contribution in [0.1, 0.15) is 36.6 Å². The Bertz CT molecular complexity index is 783. The van der Waals surface area contributed by atoms with Crippen molar-refractivity contribution in [1.29, 1.82) is 0 Å². The van der Waals surface area contributed by atoms with Crippen molar-refractivity contribution in [3.63, 3.8) is 0 Å². The Morgan fingerprint density at radius 1 is 0.773 bits per heavy atom. The SMILES string of the molecule is O=C(Cl)c1cc(C(=O)Cl)cc(C(=O)C#Cc2ccccc2)c1. The third-order valence-electron chi connectivity index (χ3n) is 2.74. The number of hydrogen-bond donors (Lipinski definition) is 0. The van der Waals surface area contributed by atoms with Crippen LogP contribution in [0.25, 0.3) is 0 Å². The number of hydrogen-bond acceptors (Lipinski definition) is 3. The molecule has 0 heterocycles. The van der Waals surface area contributed by atoms with Crippen LogP contribution in [0.3, 0.4) is 0 Å². The molecule has 108 valence electrons. The average Bonchev–Trinajstić information content (AvgIpc) is 2.53. The molecule has 0 radical (unpaired) electrons. The van der Waals surface area contributed by atoms with Gasteiger partial charge in [0.15, 0.2) is 0 Å². The van der Waals surface area contributed by atoms with E-state index in [-0.39, 0.29) is 16.7 Å². The summed E-state index contributed by atoms with van der Waals surface area (Å²) in [6, 6.07) is 12.7. The Hall–Kier alpha value is -2.41. The summed E-state index contributed by atoms with van der Waals surface area (Å²) in [6.07, 6.45) is 0. The Balaban J connectivity index is 2.39. The second-order valence-corrected chi connectivity index (χ2v) is 4.98. The summed E-state index contributed by atoms with van der Waals surface area (Å²) < 4.78 is 0. The fraction of sp³-hybridized carbons (Fsp3) is 0. The Labute approximate surface area is 136 Å². The molecule has 0 bridgehead atoms. The zero-order chi connectivity index (χ0) is 16.1. The van der Waals surface area contributed by atoms with Crippen LogP contribution in [0, 0.1) is 11.8 Å². The first-order chi connectivity index (χ1) is 10.5. The highest BCUT2D eigenvalue weighted by atomic mass is 35.5. The summed E-state index contributed by atoms with van der Waals surface area (Å²) in [5.41, 5.74) is 0.782. The molecule has 2 aromatic carbocycles. The maximum absolute atomic E-state index is 12.1. The topological polar surface area (TPSA) is 51.2 Å². The minimum atomic E-state index is -0.787. The molecule has 0 amide bonds. The zero-order valence-corrected chi connectivity index (χ0v) is 12.6. The van der Waals surface area contributed by atoms with E-state index in [0.29, 0.717) is 5.56 Å². The molecule has 0 saturated carbocycles. The summed E-state index contributed by atoms with van der Waals surface area (Å²) in [6.45, 7) is 0. The van der Waals surface area contributed by atoms with E-state index in [1.807, 2.05) is 6.07 Å². The summed E-state index contributed by atoms with van der Waals surface area (Å²) in [5.74, 6) is 4.62. The van der Waals surface area contributed by atoms with E-state index in [9.17, 15) is 14.4 Å². The second kappa shape index (κ2) is 7.04. The van der Waals surface area contributed by atoms with Crippen molar-refractivity contribution in [3.8, 4) is 11.8 Å². The lowest BCUT2D eigenvalue weighted by molar-refractivity contribution is 0.105. The van der Waals surface area contributed by atoms with Gasteiger partial charge in [0.25, 0.3) is 10.5 Å². The van der Waals surface area contributed by atoms with Gasteiger partial charge in [-0.2, -0.15) is 0 Å². The lowest BCUT2D eigenvalue weighted by atomic mass is 10.0. The van der Waals surface area contributed by atoms with Crippen LogP contribution < -0.4 is 0 Å².